The molecular formula is C14H26N2O4. The number of methoxy groups -OCH3 is 1. The highest BCUT2D eigenvalue weighted by atomic mass is 16.5. The number of nitrogens with one attached hydrogen (secondary N) is 1. The number of rotatable bonds is 6. The number of carboxylic acids is 1. The van der Waals surface area contributed by atoms with Gasteiger partial charge >= 0.3 is 12.0 Å². The Bertz CT molecular complexity index is 336. The number of likely N-dealkylation sites (tertiary alicyclic amines) is 1. The van der Waals surface area contributed by atoms with E-state index in [-0.39, 0.29) is 12.5 Å². The van der Waals surface area contributed by atoms with Crippen LogP contribution in [0.5, 0.6) is 0 Å². The van der Waals surface area contributed by atoms with E-state index in [4.69, 9.17) is 9.84 Å². The molecule has 1 saturated heterocycles. The van der Waals surface area contributed by atoms with Crippen molar-refractivity contribution < 1.29 is 19.4 Å². The minimum Gasteiger partial charge on any atom is -0.481 e. The Morgan fingerprint density at radius 1 is 1.35 bits per heavy atom. The molecule has 0 spiro atoms. The van der Waals surface area contributed by atoms with Crippen LogP contribution in [0.15, 0.2) is 0 Å². The summed E-state index contributed by atoms with van der Waals surface area (Å²) in [6, 6.07) is -0.101. The zero-order valence-corrected chi connectivity index (χ0v) is 12.6. The zero-order chi connectivity index (χ0) is 15.2. The van der Waals surface area contributed by atoms with Crippen molar-refractivity contribution in [2.75, 3.05) is 26.8 Å². The third-order valence-electron chi connectivity index (χ3n) is 3.71. The maximum Gasteiger partial charge on any atom is 0.317 e. The molecule has 0 aliphatic carbocycles. The number of nitrogens with zero attached hydrogens (tertiary/aromatic N) is 1. The Kier molecular flexibility index (Phi) is 6.26. The van der Waals surface area contributed by atoms with Crippen molar-refractivity contribution in [3.05, 3.63) is 0 Å². The van der Waals surface area contributed by atoms with Gasteiger partial charge in [0.25, 0.3) is 0 Å². The number of aliphatic carboxylic acids is 1. The third-order valence-corrected chi connectivity index (χ3v) is 3.71. The molecule has 1 aliphatic rings. The van der Waals surface area contributed by atoms with Crippen molar-refractivity contribution in [1.82, 2.24) is 10.2 Å². The number of piperidine rings is 1. The lowest BCUT2D eigenvalue weighted by molar-refractivity contribution is -0.137. The number of ether oxygens (including phenoxy) is 1. The van der Waals surface area contributed by atoms with Crippen LogP contribution in [0, 0.1) is 5.92 Å². The lowest BCUT2D eigenvalue weighted by Gasteiger charge is -2.35. The van der Waals surface area contributed by atoms with Crippen LogP contribution in [0.25, 0.3) is 0 Å². The predicted octanol–water partition coefficient (Wildman–Crippen LogP) is 1.70. The molecular weight excluding hydrogens is 260 g/mol. The highest BCUT2D eigenvalue weighted by Crippen LogP contribution is 2.18. The van der Waals surface area contributed by atoms with E-state index in [1.807, 2.05) is 13.8 Å². The van der Waals surface area contributed by atoms with Crippen molar-refractivity contribution in [3.8, 4) is 0 Å². The number of hydrogen-bond acceptors (Lipinski definition) is 3. The number of hydrogen-bond donors (Lipinski definition) is 2. The maximum atomic E-state index is 12.2. The van der Waals surface area contributed by atoms with E-state index < -0.39 is 11.5 Å². The molecule has 0 bridgehead atoms. The molecule has 2 amide bonds. The average molecular weight is 286 g/mol. The molecule has 0 aromatic rings. The Balaban J connectivity index is 2.37. The summed E-state index contributed by atoms with van der Waals surface area (Å²) >= 11 is 0. The average Bonchev–Trinajstić information content (AvgIpc) is 2.37. The highest BCUT2D eigenvalue weighted by Gasteiger charge is 2.27. The van der Waals surface area contributed by atoms with Crippen LogP contribution in [0.2, 0.25) is 0 Å². The fourth-order valence-electron chi connectivity index (χ4n) is 2.39. The van der Waals surface area contributed by atoms with Crippen LogP contribution < -0.4 is 5.32 Å². The van der Waals surface area contributed by atoms with Crippen LogP contribution in [0.1, 0.15) is 39.5 Å². The predicted molar refractivity (Wildman–Crippen MR) is 75.7 cm³/mol. The molecule has 0 saturated carbocycles. The molecule has 1 rings (SSSR count). The van der Waals surface area contributed by atoms with Gasteiger partial charge in [0.2, 0.25) is 0 Å². The van der Waals surface area contributed by atoms with E-state index in [0.29, 0.717) is 12.3 Å². The second-order valence-electron chi connectivity index (χ2n) is 6.09. The number of carbonyl (C=O) groups excluding carboxylic acids is 1. The second kappa shape index (κ2) is 7.47. The van der Waals surface area contributed by atoms with E-state index in [2.05, 4.69) is 5.32 Å². The van der Waals surface area contributed by atoms with Crippen LogP contribution in [0.3, 0.4) is 0 Å². The Hall–Kier alpha value is -1.30. The Morgan fingerprint density at radius 3 is 2.45 bits per heavy atom. The summed E-state index contributed by atoms with van der Waals surface area (Å²) in [7, 11) is 1.70. The van der Waals surface area contributed by atoms with Crippen LogP contribution in [-0.4, -0.2) is 54.4 Å². The fourth-order valence-corrected chi connectivity index (χ4v) is 2.39. The van der Waals surface area contributed by atoms with Crippen molar-refractivity contribution in [1.29, 1.82) is 0 Å². The monoisotopic (exact) mass is 286 g/mol. The molecule has 6 nitrogen and oxygen atoms in total. The highest BCUT2D eigenvalue weighted by molar-refractivity contribution is 5.75. The molecule has 0 unspecified atom stereocenters. The topological polar surface area (TPSA) is 78.9 Å². The quantitative estimate of drug-likeness (QED) is 0.779. The van der Waals surface area contributed by atoms with Crippen molar-refractivity contribution in [2.45, 2.75) is 45.1 Å². The molecule has 0 aromatic carbocycles. The zero-order valence-electron chi connectivity index (χ0n) is 12.6. The standard InChI is InChI=1S/C14H26N2O4/c1-14(2,7-4-12(17)18)15-13(19)16-8-5-11(6-9-16)10-20-3/h11H,4-10H2,1-3H3,(H,15,19)(H,17,18). The number of carboxylic acid groups (broad SMARTS) is 1. The van der Waals surface area contributed by atoms with Gasteiger partial charge in [0.15, 0.2) is 0 Å². The minimum atomic E-state index is -0.840. The first-order valence-corrected chi connectivity index (χ1v) is 7.12. The van der Waals surface area contributed by atoms with Gasteiger partial charge in [-0.3, -0.25) is 4.79 Å². The summed E-state index contributed by atoms with van der Waals surface area (Å²) in [5, 5.41) is 11.6. The molecule has 0 aromatic heterocycles. The molecule has 6 heteroatoms. The second-order valence-corrected chi connectivity index (χ2v) is 6.09. The molecule has 1 aliphatic heterocycles. The lowest BCUT2D eigenvalue weighted by atomic mass is 9.97. The minimum absolute atomic E-state index is 0.0587. The van der Waals surface area contributed by atoms with Gasteiger partial charge in [-0.2, -0.15) is 0 Å². The molecule has 1 fully saturated rings. The van der Waals surface area contributed by atoms with E-state index in [1.165, 1.54) is 0 Å². The van der Waals surface area contributed by atoms with E-state index in [9.17, 15) is 9.59 Å². The van der Waals surface area contributed by atoms with E-state index in [1.54, 1.807) is 12.0 Å². The molecule has 116 valence electrons. The summed E-state index contributed by atoms with van der Waals surface area (Å²) in [5.41, 5.74) is -0.501. The molecule has 20 heavy (non-hydrogen) atoms. The van der Waals surface area contributed by atoms with Crippen LogP contribution in [0.4, 0.5) is 4.79 Å². The fraction of sp³-hybridized carbons (Fsp3) is 0.857. The van der Waals surface area contributed by atoms with Gasteiger partial charge < -0.3 is 20.1 Å². The number of amides is 2. The van der Waals surface area contributed by atoms with Crippen molar-refractivity contribution >= 4 is 12.0 Å². The van der Waals surface area contributed by atoms with Gasteiger partial charge in [-0.15, -0.1) is 0 Å². The van der Waals surface area contributed by atoms with Gasteiger partial charge in [0, 0.05) is 38.8 Å². The summed E-state index contributed by atoms with van der Waals surface area (Å²) in [4.78, 5) is 24.6. The van der Waals surface area contributed by atoms with E-state index in [0.717, 1.165) is 32.5 Å². The summed E-state index contributed by atoms with van der Waals surface area (Å²) in [6.45, 7) is 5.92. The normalized spacial score (nSPS) is 17.1. The summed E-state index contributed by atoms with van der Waals surface area (Å²) < 4.78 is 5.14. The molecule has 0 atom stereocenters. The summed E-state index contributed by atoms with van der Waals surface area (Å²) in [6.07, 6.45) is 2.39. The Morgan fingerprint density at radius 2 is 1.95 bits per heavy atom. The van der Waals surface area contributed by atoms with Gasteiger partial charge in [-0.1, -0.05) is 0 Å². The van der Waals surface area contributed by atoms with Gasteiger partial charge in [-0.25, -0.2) is 4.79 Å². The van der Waals surface area contributed by atoms with Crippen molar-refractivity contribution in [3.63, 3.8) is 0 Å². The number of carbonyl (C=O) groups is 2. The van der Waals surface area contributed by atoms with Crippen LogP contribution in [-0.2, 0) is 9.53 Å². The first-order chi connectivity index (χ1) is 9.34. The first kappa shape index (κ1) is 16.8. The first-order valence-electron chi connectivity index (χ1n) is 7.12. The Labute approximate surface area is 120 Å². The summed E-state index contributed by atoms with van der Waals surface area (Å²) in [5.74, 6) is -0.309. The number of urea groups is 1. The molecule has 2 N–H and O–H groups in total. The molecule has 1 heterocycles. The van der Waals surface area contributed by atoms with Gasteiger partial charge in [-0.05, 0) is 39.0 Å². The van der Waals surface area contributed by atoms with Gasteiger partial charge in [0.1, 0.15) is 0 Å². The lowest BCUT2D eigenvalue weighted by Crippen LogP contribution is -2.52. The van der Waals surface area contributed by atoms with Crippen LogP contribution >= 0.6 is 0 Å². The molecule has 0 radical (unpaired) electrons. The van der Waals surface area contributed by atoms with Crippen molar-refractivity contribution in [2.24, 2.45) is 5.92 Å². The smallest absolute Gasteiger partial charge is 0.317 e. The third kappa shape index (κ3) is 5.77. The van der Waals surface area contributed by atoms with E-state index >= 15 is 0 Å². The largest absolute Gasteiger partial charge is 0.481 e. The SMILES string of the molecule is COCC1CCN(C(=O)NC(C)(C)CCC(=O)O)CC1. The maximum absolute atomic E-state index is 12.2. The van der Waals surface area contributed by atoms with Gasteiger partial charge in [0.05, 0.1) is 0 Å².